The highest BCUT2D eigenvalue weighted by molar-refractivity contribution is 9.10. The van der Waals surface area contributed by atoms with Crippen molar-refractivity contribution in [3.63, 3.8) is 0 Å². The van der Waals surface area contributed by atoms with Crippen LogP contribution in [0.2, 0.25) is 0 Å². The van der Waals surface area contributed by atoms with E-state index in [2.05, 4.69) is 25.6 Å². The Labute approximate surface area is 133 Å². The first-order chi connectivity index (χ1) is 9.87. The first kappa shape index (κ1) is 16.0. The average molecular weight is 369 g/mol. The lowest BCUT2D eigenvalue weighted by atomic mass is 10.1. The van der Waals surface area contributed by atoms with Crippen molar-refractivity contribution in [1.82, 2.24) is 4.98 Å². The number of pyridine rings is 1. The maximum absolute atomic E-state index is 12.2. The zero-order chi connectivity index (χ0) is 15.5. The lowest BCUT2D eigenvalue weighted by Gasteiger charge is -2.14. The summed E-state index contributed by atoms with van der Waals surface area (Å²) in [4.78, 5) is 3.92. The van der Waals surface area contributed by atoms with E-state index in [1.165, 1.54) is 0 Å². The molecule has 0 unspecified atom stereocenters. The maximum atomic E-state index is 12.2. The van der Waals surface area contributed by atoms with Crippen LogP contribution in [0, 0.1) is 13.8 Å². The van der Waals surface area contributed by atoms with Gasteiger partial charge in [-0.3, -0.25) is 9.71 Å². The predicted molar refractivity (Wildman–Crippen MR) is 89.0 cm³/mol. The molecule has 0 aliphatic carbocycles. The first-order valence-corrected chi connectivity index (χ1v) is 8.98. The Morgan fingerprint density at radius 2 is 1.71 bits per heavy atom. The van der Waals surface area contributed by atoms with Crippen LogP contribution < -0.4 is 4.72 Å². The van der Waals surface area contributed by atoms with Crippen molar-refractivity contribution < 1.29 is 8.42 Å². The van der Waals surface area contributed by atoms with Crippen LogP contribution in [0.25, 0.3) is 0 Å². The molecule has 1 N–H and O–H groups in total. The lowest BCUT2D eigenvalue weighted by molar-refractivity contribution is 0.600. The smallest absolute Gasteiger partial charge is 0.233 e. The molecular formula is C15H17BrN2O2S. The Hall–Kier alpha value is -1.40. The van der Waals surface area contributed by atoms with Crippen molar-refractivity contribution >= 4 is 31.6 Å². The van der Waals surface area contributed by atoms with Crippen LogP contribution in [-0.4, -0.2) is 19.2 Å². The molecule has 0 amide bonds. The van der Waals surface area contributed by atoms with Crippen molar-refractivity contribution in [2.75, 3.05) is 10.5 Å². The molecule has 4 nitrogen and oxygen atoms in total. The van der Waals surface area contributed by atoms with Crippen LogP contribution in [0.1, 0.15) is 16.7 Å². The summed E-state index contributed by atoms with van der Waals surface area (Å²) in [5.41, 5.74) is 3.41. The second-order valence-electron chi connectivity index (χ2n) is 4.94. The first-order valence-electron chi connectivity index (χ1n) is 6.53. The van der Waals surface area contributed by atoms with Crippen molar-refractivity contribution in [1.29, 1.82) is 0 Å². The average Bonchev–Trinajstić information content (AvgIpc) is 2.42. The van der Waals surface area contributed by atoms with Crippen molar-refractivity contribution in [2.24, 2.45) is 0 Å². The Morgan fingerprint density at radius 1 is 1.14 bits per heavy atom. The topological polar surface area (TPSA) is 59.1 Å². The van der Waals surface area contributed by atoms with Crippen LogP contribution in [0.15, 0.2) is 41.1 Å². The minimum absolute atomic E-state index is 0.0476. The van der Waals surface area contributed by atoms with Gasteiger partial charge in [0, 0.05) is 16.9 Å². The number of rotatable bonds is 5. The van der Waals surface area contributed by atoms with Gasteiger partial charge in [-0.25, -0.2) is 8.42 Å². The number of aryl methyl sites for hydroxylation is 3. The number of hydrogen-bond acceptors (Lipinski definition) is 3. The van der Waals surface area contributed by atoms with Gasteiger partial charge in [0.05, 0.1) is 11.4 Å². The molecule has 0 atom stereocenters. The molecular weight excluding hydrogens is 352 g/mol. The molecule has 0 aliphatic rings. The van der Waals surface area contributed by atoms with Crippen molar-refractivity contribution in [3.8, 4) is 0 Å². The van der Waals surface area contributed by atoms with Gasteiger partial charge in [-0.2, -0.15) is 0 Å². The van der Waals surface area contributed by atoms with Crippen molar-refractivity contribution in [2.45, 2.75) is 20.3 Å². The minimum atomic E-state index is -3.38. The summed E-state index contributed by atoms with van der Waals surface area (Å²) in [5.74, 6) is 0.0476. The molecule has 2 aromatic rings. The number of sulfonamides is 1. The Balaban J connectivity index is 2.11. The van der Waals surface area contributed by atoms with Gasteiger partial charge >= 0.3 is 0 Å². The molecule has 0 bridgehead atoms. The van der Waals surface area contributed by atoms with Crippen LogP contribution in [0.4, 0.5) is 5.69 Å². The van der Waals surface area contributed by atoms with E-state index in [-0.39, 0.29) is 5.75 Å². The standard InChI is InChI=1S/C15H17BrN2O2S/c1-11-9-14(16)10-12(2)15(11)18-21(19,20)8-5-13-3-6-17-7-4-13/h3-4,6-7,9-10,18H,5,8H2,1-2H3. The van der Waals surface area contributed by atoms with E-state index in [9.17, 15) is 8.42 Å². The van der Waals surface area contributed by atoms with E-state index in [1.54, 1.807) is 12.4 Å². The Bertz CT molecular complexity index is 708. The molecule has 1 aromatic carbocycles. The fourth-order valence-electron chi connectivity index (χ4n) is 2.08. The molecule has 0 saturated carbocycles. The van der Waals surface area contributed by atoms with Gasteiger partial charge in [-0.1, -0.05) is 15.9 Å². The van der Waals surface area contributed by atoms with Gasteiger partial charge in [0.1, 0.15) is 0 Å². The summed E-state index contributed by atoms with van der Waals surface area (Å²) in [6.45, 7) is 3.77. The third kappa shape index (κ3) is 4.54. The van der Waals surface area contributed by atoms with E-state index in [4.69, 9.17) is 0 Å². The number of aromatic nitrogens is 1. The number of anilines is 1. The van der Waals surface area contributed by atoms with Gasteiger partial charge in [0.15, 0.2) is 0 Å². The highest BCUT2D eigenvalue weighted by atomic mass is 79.9. The molecule has 1 heterocycles. The maximum Gasteiger partial charge on any atom is 0.233 e. The summed E-state index contributed by atoms with van der Waals surface area (Å²) in [5, 5.41) is 0. The molecule has 0 saturated heterocycles. The summed E-state index contributed by atoms with van der Waals surface area (Å²) >= 11 is 3.40. The number of hydrogen-bond donors (Lipinski definition) is 1. The van der Waals surface area contributed by atoms with E-state index in [1.807, 2.05) is 38.1 Å². The quantitative estimate of drug-likeness (QED) is 0.878. The zero-order valence-electron chi connectivity index (χ0n) is 11.9. The van der Waals surface area contributed by atoms with Gasteiger partial charge in [0.25, 0.3) is 0 Å². The Morgan fingerprint density at radius 3 is 2.29 bits per heavy atom. The predicted octanol–water partition coefficient (Wildman–Crippen LogP) is 3.45. The number of halogens is 1. The van der Waals surface area contributed by atoms with E-state index in [0.29, 0.717) is 12.1 Å². The molecule has 1 aromatic heterocycles. The minimum Gasteiger partial charge on any atom is -0.283 e. The summed E-state index contributed by atoms with van der Waals surface area (Å²) < 4.78 is 28.1. The molecule has 0 spiro atoms. The second kappa shape index (κ2) is 6.58. The zero-order valence-corrected chi connectivity index (χ0v) is 14.3. The van der Waals surface area contributed by atoms with Gasteiger partial charge in [-0.15, -0.1) is 0 Å². The third-order valence-corrected chi connectivity index (χ3v) is 4.88. The molecule has 0 fully saturated rings. The molecule has 0 aliphatic heterocycles. The summed E-state index contributed by atoms with van der Waals surface area (Å²) in [7, 11) is -3.38. The van der Waals surface area contributed by atoms with Crippen LogP contribution in [-0.2, 0) is 16.4 Å². The molecule has 0 radical (unpaired) electrons. The van der Waals surface area contributed by atoms with Gasteiger partial charge in [0.2, 0.25) is 10.0 Å². The summed E-state index contributed by atoms with van der Waals surface area (Å²) in [6, 6.07) is 7.44. The molecule has 6 heteroatoms. The van der Waals surface area contributed by atoms with Crippen molar-refractivity contribution in [3.05, 3.63) is 57.8 Å². The van der Waals surface area contributed by atoms with E-state index >= 15 is 0 Å². The van der Waals surface area contributed by atoms with Crippen LogP contribution in [0.3, 0.4) is 0 Å². The second-order valence-corrected chi connectivity index (χ2v) is 7.70. The van der Waals surface area contributed by atoms with Crippen LogP contribution >= 0.6 is 15.9 Å². The normalized spacial score (nSPS) is 11.4. The van der Waals surface area contributed by atoms with E-state index in [0.717, 1.165) is 21.2 Å². The summed E-state index contributed by atoms with van der Waals surface area (Å²) in [6.07, 6.45) is 3.79. The van der Waals surface area contributed by atoms with Gasteiger partial charge < -0.3 is 0 Å². The largest absolute Gasteiger partial charge is 0.283 e. The third-order valence-electron chi connectivity index (χ3n) is 3.16. The Kier molecular flexibility index (Phi) is 5.00. The highest BCUT2D eigenvalue weighted by Gasteiger charge is 2.14. The number of nitrogens with one attached hydrogen (secondary N) is 1. The van der Waals surface area contributed by atoms with Gasteiger partial charge in [-0.05, 0) is 61.2 Å². The number of benzene rings is 1. The molecule has 2 rings (SSSR count). The highest BCUT2D eigenvalue weighted by Crippen LogP contribution is 2.26. The molecule has 112 valence electrons. The van der Waals surface area contributed by atoms with Crippen LogP contribution in [0.5, 0.6) is 0 Å². The number of nitrogens with zero attached hydrogens (tertiary/aromatic N) is 1. The van der Waals surface area contributed by atoms with E-state index < -0.39 is 10.0 Å². The molecule has 21 heavy (non-hydrogen) atoms. The monoisotopic (exact) mass is 368 g/mol. The fourth-order valence-corrected chi connectivity index (χ4v) is 4.01. The fraction of sp³-hybridized carbons (Fsp3) is 0.267. The lowest BCUT2D eigenvalue weighted by Crippen LogP contribution is -2.19. The SMILES string of the molecule is Cc1cc(Br)cc(C)c1NS(=O)(=O)CCc1ccncc1.